The Morgan fingerprint density at radius 1 is 1.21 bits per heavy atom. The van der Waals surface area contributed by atoms with Crippen LogP contribution in [0.2, 0.25) is 0 Å². The molecular formula is C19H23F3IN5S. The highest BCUT2D eigenvalue weighted by Gasteiger charge is 2.33. The third-order valence-electron chi connectivity index (χ3n) is 4.11. The van der Waals surface area contributed by atoms with Gasteiger partial charge in [-0.1, -0.05) is 18.2 Å². The zero-order valence-corrected chi connectivity index (χ0v) is 19.0. The van der Waals surface area contributed by atoms with Crippen molar-refractivity contribution in [2.45, 2.75) is 32.6 Å². The minimum Gasteiger partial charge on any atom is -0.357 e. The second-order valence-corrected chi connectivity index (χ2v) is 7.11. The molecular weight excluding hydrogens is 514 g/mol. The molecule has 0 amide bonds. The maximum atomic E-state index is 12.6. The van der Waals surface area contributed by atoms with Gasteiger partial charge in [0.25, 0.3) is 0 Å². The lowest BCUT2D eigenvalue weighted by molar-refractivity contribution is -0.140. The van der Waals surface area contributed by atoms with Crippen LogP contribution < -0.4 is 10.6 Å². The van der Waals surface area contributed by atoms with Crippen LogP contribution in [0.3, 0.4) is 0 Å². The molecule has 2 aromatic heterocycles. The van der Waals surface area contributed by atoms with Gasteiger partial charge in [0.1, 0.15) is 5.01 Å². The van der Waals surface area contributed by atoms with E-state index < -0.39 is 11.9 Å². The molecule has 0 spiro atoms. The van der Waals surface area contributed by atoms with Gasteiger partial charge in [-0.25, -0.2) is 9.98 Å². The SMILES string of the molecule is CCNC(=NCc1nc(C(F)(F)F)cs1)NCCCn1ccc2ccccc21.I. The molecule has 0 bridgehead atoms. The molecule has 0 atom stereocenters. The molecule has 1 aromatic carbocycles. The van der Waals surface area contributed by atoms with Crippen LogP contribution in [0.5, 0.6) is 0 Å². The number of aryl methyl sites for hydroxylation is 1. The third kappa shape index (κ3) is 6.59. The summed E-state index contributed by atoms with van der Waals surface area (Å²) in [4.78, 5) is 7.93. The predicted molar refractivity (Wildman–Crippen MR) is 122 cm³/mol. The van der Waals surface area contributed by atoms with Gasteiger partial charge in [0.15, 0.2) is 11.7 Å². The summed E-state index contributed by atoms with van der Waals surface area (Å²) in [6, 6.07) is 10.3. The fourth-order valence-electron chi connectivity index (χ4n) is 2.79. The molecule has 0 unspecified atom stereocenters. The topological polar surface area (TPSA) is 54.2 Å². The Morgan fingerprint density at radius 3 is 2.72 bits per heavy atom. The fraction of sp³-hybridized carbons (Fsp3) is 0.368. The lowest BCUT2D eigenvalue weighted by Gasteiger charge is -2.11. The molecule has 0 saturated heterocycles. The molecule has 0 saturated carbocycles. The molecule has 0 fully saturated rings. The Hall–Kier alpha value is -1.82. The Morgan fingerprint density at radius 2 is 2.00 bits per heavy atom. The summed E-state index contributed by atoms with van der Waals surface area (Å²) in [5.41, 5.74) is 0.340. The summed E-state index contributed by atoms with van der Waals surface area (Å²) >= 11 is 0.967. The van der Waals surface area contributed by atoms with Crippen molar-refractivity contribution in [2.75, 3.05) is 13.1 Å². The molecule has 2 heterocycles. The van der Waals surface area contributed by atoms with Crippen LogP contribution in [-0.4, -0.2) is 28.6 Å². The van der Waals surface area contributed by atoms with Crippen molar-refractivity contribution >= 4 is 52.2 Å². The number of guanidine groups is 1. The van der Waals surface area contributed by atoms with Gasteiger partial charge in [-0.3, -0.25) is 0 Å². The van der Waals surface area contributed by atoms with Gasteiger partial charge < -0.3 is 15.2 Å². The molecule has 2 N–H and O–H groups in total. The molecule has 0 radical (unpaired) electrons. The van der Waals surface area contributed by atoms with Crippen molar-refractivity contribution in [3.05, 3.63) is 52.6 Å². The van der Waals surface area contributed by atoms with Gasteiger partial charge in [-0.15, -0.1) is 35.3 Å². The highest BCUT2D eigenvalue weighted by Crippen LogP contribution is 2.30. The van der Waals surface area contributed by atoms with Crippen LogP contribution in [0, 0.1) is 0 Å². The average Bonchev–Trinajstić information content (AvgIpc) is 3.30. The highest BCUT2D eigenvalue weighted by molar-refractivity contribution is 14.0. The quantitative estimate of drug-likeness (QED) is 0.196. The van der Waals surface area contributed by atoms with Crippen LogP contribution in [0.4, 0.5) is 13.2 Å². The lowest BCUT2D eigenvalue weighted by atomic mass is 10.2. The number of alkyl halides is 3. The molecule has 0 aliphatic carbocycles. The molecule has 0 aliphatic heterocycles. The van der Waals surface area contributed by atoms with Gasteiger partial charge >= 0.3 is 6.18 Å². The molecule has 3 rings (SSSR count). The van der Waals surface area contributed by atoms with Crippen LogP contribution >= 0.6 is 35.3 Å². The molecule has 3 aromatic rings. The Balaban J connectivity index is 0.00000300. The number of fused-ring (bicyclic) bond motifs is 1. The van der Waals surface area contributed by atoms with Gasteiger partial charge in [-0.2, -0.15) is 13.2 Å². The van der Waals surface area contributed by atoms with Gasteiger partial charge in [0, 0.05) is 36.7 Å². The number of rotatable bonds is 7. The van der Waals surface area contributed by atoms with E-state index in [4.69, 9.17) is 0 Å². The monoisotopic (exact) mass is 537 g/mol. The number of nitrogens with zero attached hydrogens (tertiary/aromatic N) is 3. The largest absolute Gasteiger partial charge is 0.434 e. The summed E-state index contributed by atoms with van der Waals surface area (Å²) in [7, 11) is 0. The molecule has 0 aliphatic rings. The van der Waals surface area contributed by atoms with Crippen LogP contribution in [0.25, 0.3) is 10.9 Å². The van der Waals surface area contributed by atoms with Crippen molar-refractivity contribution in [3.8, 4) is 0 Å². The van der Waals surface area contributed by atoms with E-state index in [1.165, 1.54) is 10.9 Å². The Kier molecular flexibility index (Phi) is 8.75. The van der Waals surface area contributed by atoms with E-state index in [2.05, 4.69) is 49.6 Å². The standard InChI is InChI=1S/C19H22F3N5S.HI/c1-2-23-18(25-12-17-26-16(13-28-17)19(20,21)22)24-9-5-10-27-11-8-14-6-3-4-7-15(14)27;/h3-4,6-8,11,13H,2,5,9-10,12H2,1H3,(H2,23,24,25);1H. The third-order valence-corrected chi connectivity index (χ3v) is 4.94. The summed E-state index contributed by atoms with van der Waals surface area (Å²) in [6.45, 7) is 4.28. The molecule has 10 heteroatoms. The first-order valence-corrected chi connectivity index (χ1v) is 9.93. The van der Waals surface area contributed by atoms with E-state index in [-0.39, 0.29) is 30.5 Å². The van der Waals surface area contributed by atoms with E-state index in [1.807, 2.05) is 19.1 Å². The van der Waals surface area contributed by atoms with E-state index >= 15 is 0 Å². The van der Waals surface area contributed by atoms with Crippen LogP contribution in [-0.2, 0) is 19.3 Å². The van der Waals surface area contributed by atoms with Crippen LogP contribution in [0.15, 0.2) is 46.9 Å². The van der Waals surface area contributed by atoms with Crippen molar-refractivity contribution in [3.63, 3.8) is 0 Å². The van der Waals surface area contributed by atoms with E-state index in [0.717, 1.165) is 29.7 Å². The number of para-hydroxylation sites is 1. The number of hydrogen-bond acceptors (Lipinski definition) is 3. The number of nitrogens with one attached hydrogen (secondary N) is 2. The molecule has 5 nitrogen and oxygen atoms in total. The number of aromatic nitrogens is 2. The van der Waals surface area contributed by atoms with Crippen molar-refractivity contribution in [1.82, 2.24) is 20.2 Å². The summed E-state index contributed by atoms with van der Waals surface area (Å²) in [6.07, 6.45) is -1.45. The van der Waals surface area contributed by atoms with E-state index in [9.17, 15) is 13.2 Å². The van der Waals surface area contributed by atoms with Crippen molar-refractivity contribution in [1.29, 1.82) is 0 Å². The minimum atomic E-state index is -4.41. The number of halogens is 4. The first-order valence-electron chi connectivity index (χ1n) is 9.05. The smallest absolute Gasteiger partial charge is 0.357 e. The summed E-state index contributed by atoms with van der Waals surface area (Å²) < 4.78 is 40.1. The normalized spacial score (nSPS) is 12.1. The second-order valence-electron chi connectivity index (χ2n) is 6.17. The van der Waals surface area contributed by atoms with E-state index in [0.29, 0.717) is 24.1 Å². The summed E-state index contributed by atoms with van der Waals surface area (Å²) in [5, 5.41) is 8.89. The Bertz CT molecular complexity index is 935. The lowest BCUT2D eigenvalue weighted by Crippen LogP contribution is -2.38. The van der Waals surface area contributed by atoms with Gasteiger partial charge in [0.2, 0.25) is 0 Å². The highest BCUT2D eigenvalue weighted by atomic mass is 127. The first-order chi connectivity index (χ1) is 13.5. The molecule has 158 valence electrons. The number of benzene rings is 1. The number of hydrogen-bond donors (Lipinski definition) is 2. The van der Waals surface area contributed by atoms with E-state index in [1.54, 1.807) is 0 Å². The number of thiazole rings is 1. The van der Waals surface area contributed by atoms with Crippen molar-refractivity contribution < 1.29 is 13.2 Å². The maximum absolute atomic E-state index is 12.6. The fourth-order valence-corrected chi connectivity index (χ4v) is 3.52. The zero-order chi connectivity index (χ0) is 20.0. The molecule has 29 heavy (non-hydrogen) atoms. The van der Waals surface area contributed by atoms with Crippen LogP contribution in [0.1, 0.15) is 24.0 Å². The predicted octanol–water partition coefficient (Wildman–Crippen LogP) is 4.88. The average molecular weight is 537 g/mol. The summed E-state index contributed by atoms with van der Waals surface area (Å²) in [5.74, 6) is 0.573. The Labute approximate surface area is 188 Å². The number of aliphatic imine (C=N–C) groups is 1. The maximum Gasteiger partial charge on any atom is 0.434 e. The van der Waals surface area contributed by atoms with Gasteiger partial charge in [0.05, 0.1) is 6.54 Å². The second kappa shape index (κ2) is 10.8. The zero-order valence-electron chi connectivity index (χ0n) is 15.9. The van der Waals surface area contributed by atoms with Gasteiger partial charge in [-0.05, 0) is 30.9 Å². The minimum absolute atomic E-state index is 0. The van der Waals surface area contributed by atoms with Crippen molar-refractivity contribution in [2.24, 2.45) is 4.99 Å². The first kappa shape index (κ1) is 23.5.